The van der Waals surface area contributed by atoms with Gasteiger partial charge >= 0.3 is 24.1 Å². The van der Waals surface area contributed by atoms with Crippen LogP contribution in [0.3, 0.4) is 0 Å². The van der Waals surface area contributed by atoms with Crippen molar-refractivity contribution in [2.45, 2.75) is 161 Å². The van der Waals surface area contributed by atoms with E-state index in [9.17, 15) is 76.1 Å². The molecule has 2 rings (SSSR count). The van der Waals surface area contributed by atoms with Crippen molar-refractivity contribution in [3.63, 3.8) is 0 Å². The normalized spacial score (nSPS) is 14.3. The molecule has 0 bridgehead atoms. The molecule has 0 aliphatic carbocycles. The zero-order chi connectivity index (χ0) is 56.1. The highest BCUT2D eigenvalue weighted by Crippen LogP contribution is 2.25. The number of hydrogen-bond donors (Lipinski definition) is 10. The third-order valence-electron chi connectivity index (χ3n) is 11.3. The molecule has 0 spiro atoms. The van der Waals surface area contributed by atoms with Gasteiger partial charge < -0.3 is 52.5 Å². The zero-order valence-electron chi connectivity index (χ0n) is 42.4. The third kappa shape index (κ3) is 22.6. The van der Waals surface area contributed by atoms with Gasteiger partial charge in [0.25, 0.3) is 5.91 Å². The van der Waals surface area contributed by atoms with Crippen molar-refractivity contribution in [2.24, 2.45) is 11.3 Å². The van der Waals surface area contributed by atoms with E-state index in [-0.39, 0.29) is 12.8 Å². The van der Waals surface area contributed by atoms with Gasteiger partial charge in [-0.25, -0.2) is 0 Å². The van der Waals surface area contributed by atoms with Crippen molar-refractivity contribution in [1.82, 2.24) is 37.2 Å². The number of rotatable bonds is 30. The average Bonchev–Trinajstić information content (AvgIpc) is 3.29. The maximum absolute atomic E-state index is 14.4. The van der Waals surface area contributed by atoms with Gasteiger partial charge in [-0.2, -0.15) is 13.2 Å². The summed E-state index contributed by atoms with van der Waals surface area (Å²) in [6.07, 6.45) is -10.3. The monoisotopic (exact) mass is 1050 g/mol. The lowest BCUT2D eigenvalue weighted by Crippen LogP contribution is -2.62. The Morgan fingerprint density at radius 3 is 1.64 bits per heavy atom. The van der Waals surface area contributed by atoms with Crippen molar-refractivity contribution >= 4 is 65.0 Å². The summed E-state index contributed by atoms with van der Waals surface area (Å²) in [5.41, 5.74) is 0.495. The largest absolute Gasteiger partial charge is 0.481 e. The SMILES string of the molecule is CCC[C@H](NC(=O)C(=O)[C@H](CC(F)(F)F)NC(=O)[C@H](CC(C)C)NC(=O)[C@@H](NC(=O)[C@H](Cc1ccccc1C)NC(=O)[C@H](CCC(=O)O)NC(=O)[C@H](CC(=O)O)NC(=O)CCC(=O)O)C(C)(C)C)c1ccccc1. The molecule has 2 aromatic rings. The number of aryl methyl sites for hydroxylation is 1. The molecule has 0 fully saturated rings. The van der Waals surface area contributed by atoms with E-state index in [1.807, 2.05) is 5.32 Å². The first kappa shape index (κ1) is 62.7. The highest BCUT2D eigenvalue weighted by molar-refractivity contribution is 6.38. The minimum absolute atomic E-state index is 0.206. The Morgan fingerprint density at radius 2 is 1.09 bits per heavy atom. The molecule has 0 unspecified atom stereocenters. The molecule has 2 aromatic carbocycles. The van der Waals surface area contributed by atoms with Gasteiger partial charge in [-0.05, 0) is 54.2 Å². The third-order valence-corrected chi connectivity index (χ3v) is 11.3. The molecule has 0 heterocycles. The predicted molar refractivity (Wildman–Crippen MR) is 259 cm³/mol. The van der Waals surface area contributed by atoms with Gasteiger partial charge in [-0.1, -0.05) is 103 Å². The Bertz CT molecular complexity index is 2320. The van der Waals surface area contributed by atoms with E-state index >= 15 is 0 Å². The number of nitrogens with one attached hydrogen (secondary N) is 7. The second-order valence-corrected chi connectivity index (χ2v) is 19.3. The second kappa shape index (κ2) is 29.3. The summed E-state index contributed by atoms with van der Waals surface area (Å²) in [5, 5.41) is 44.2. The fourth-order valence-electron chi connectivity index (χ4n) is 7.49. The number of carboxylic acids is 3. The first-order chi connectivity index (χ1) is 34.4. The van der Waals surface area contributed by atoms with Crippen molar-refractivity contribution in [2.75, 3.05) is 0 Å². The molecule has 0 aliphatic rings. The maximum atomic E-state index is 14.4. The molecule has 74 heavy (non-hydrogen) atoms. The van der Waals surface area contributed by atoms with E-state index in [4.69, 9.17) is 5.11 Å². The Hall–Kier alpha value is -7.40. The van der Waals surface area contributed by atoms with E-state index in [0.29, 0.717) is 29.5 Å². The lowest BCUT2D eigenvalue weighted by molar-refractivity contribution is -0.154. The number of ketones is 1. The van der Waals surface area contributed by atoms with Gasteiger partial charge in [0.05, 0.1) is 25.3 Å². The molecule has 7 atom stereocenters. The van der Waals surface area contributed by atoms with E-state index in [0.717, 1.165) is 0 Å². The molecule has 0 saturated carbocycles. The van der Waals surface area contributed by atoms with Crippen LogP contribution in [-0.2, 0) is 59.2 Å². The van der Waals surface area contributed by atoms with Crippen molar-refractivity contribution < 1.29 is 81.2 Å². The van der Waals surface area contributed by atoms with Crippen LogP contribution in [0, 0.1) is 18.3 Å². The molecule has 10 N–H and O–H groups in total. The van der Waals surface area contributed by atoms with Crippen LogP contribution >= 0.6 is 0 Å². The number of hydrogen-bond acceptors (Lipinski definition) is 11. The molecule has 24 heteroatoms. The molecule has 0 aliphatic heterocycles. The minimum atomic E-state index is -5.05. The Morgan fingerprint density at radius 1 is 0.568 bits per heavy atom. The molecule has 408 valence electrons. The number of carbonyl (C=O) groups is 11. The fourth-order valence-corrected chi connectivity index (χ4v) is 7.49. The molecule has 0 saturated heterocycles. The van der Waals surface area contributed by atoms with Crippen LogP contribution in [0.2, 0.25) is 0 Å². The van der Waals surface area contributed by atoms with Crippen molar-refractivity contribution in [3.8, 4) is 0 Å². The number of amides is 7. The number of halogens is 3. The van der Waals surface area contributed by atoms with E-state index in [1.54, 1.807) is 82.3 Å². The van der Waals surface area contributed by atoms with Crippen molar-refractivity contribution in [3.05, 3.63) is 71.3 Å². The Labute approximate surface area is 426 Å². The topological polar surface area (TPSA) is 333 Å². The van der Waals surface area contributed by atoms with Crippen LogP contribution in [0.1, 0.15) is 122 Å². The lowest BCUT2D eigenvalue weighted by atomic mass is 9.85. The smallest absolute Gasteiger partial charge is 0.391 e. The van der Waals surface area contributed by atoms with Gasteiger partial charge in [0.1, 0.15) is 36.3 Å². The quantitative estimate of drug-likeness (QED) is 0.0504. The summed E-state index contributed by atoms with van der Waals surface area (Å²) >= 11 is 0. The van der Waals surface area contributed by atoms with E-state index < -0.39 is 163 Å². The molecule has 21 nitrogen and oxygen atoms in total. The van der Waals surface area contributed by atoms with Gasteiger partial charge in [-0.3, -0.25) is 52.7 Å². The number of Topliss-reactive ketones (excluding diaryl/α,β-unsaturated/α-hetero) is 1. The standard InChI is InChI=1S/C50H68F3N7O14/c1-8-14-31(29-16-10-9-11-17-29)55-47(73)41(68)36(26-50(51,52)53)59-44(70)33(23-27(2)3)58-48(74)42(49(5,6)7)60-46(72)34(24-30-18-13-12-15-28(30)4)57-43(69)32(19-21-38(62)63)56-45(71)35(25-40(66)67)54-37(61)20-22-39(64)65/h9-13,15-18,27,31-36,42H,8,14,19-26H2,1-7H3,(H,54,61)(H,55,73)(H,56,71)(H,57,69)(H,58,74)(H,59,70)(H,60,72)(H,62,63)(H,64,65)(H,66,67)/t31-,32-,33-,34-,35-,36-,42+/m0/s1. The zero-order valence-corrected chi connectivity index (χ0v) is 42.4. The van der Waals surface area contributed by atoms with E-state index in [1.165, 1.54) is 20.8 Å². The van der Waals surface area contributed by atoms with Crippen LogP contribution in [0.5, 0.6) is 0 Å². The fraction of sp³-hybridized carbons (Fsp3) is 0.540. The summed E-state index contributed by atoms with van der Waals surface area (Å²) in [5.74, 6) is -14.5. The Balaban J connectivity index is 2.52. The van der Waals surface area contributed by atoms with Crippen LogP contribution in [-0.4, -0.2) is 123 Å². The summed E-state index contributed by atoms with van der Waals surface area (Å²) < 4.78 is 41.9. The maximum Gasteiger partial charge on any atom is 0.391 e. The number of aliphatic carboxylic acids is 3. The van der Waals surface area contributed by atoms with Gasteiger partial charge in [0, 0.05) is 19.3 Å². The van der Waals surface area contributed by atoms with Crippen molar-refractivity contribution in [1.29, 1.82) is 0 Å². The summed E-state index contributed by atoms with van der Waals surface area (Å²) in [6.45, 7) is 11.3. The highest BCUT2D eigenvalue weighted by Gasteiger charge is 2.42. The van der Waals surface area contributed by atoms with Gasteiger partial charge in [-0.15, -0.1) is 0 Å². The Kier molecular flexibility index (Phi) is 24.9. The van der Waals surface area contributed by atoms with Gasteiger partial charge in [0.2, 0.25) is 41.2 Å². The predicted octanol–water partition coefficient (Wildman–Crippen LogP) is 2.92. The van der Waals surface area contributed by atoms with Crippen LogP contribution in [0.15, 0.2) is 54.6 Å². The summed E-state index contributed by atoms with van der Waals surface area (Å²) in [7, 11) is 0. The highest BCUT2D eigenvalue weighted by atomic mass is 19.4. The van der Waals surface area contributed by atoms with Crippen LogP contribution in [0.4, 0.5) is 13.2 Å². The average molecular weight is 1050 g/mol. The first-order valence-electron chi connectivity index (χ1n) is 23.9. The molecule has 7 amide bonds. The first-order valence-corrected chi connectivity index (χ1v) is 23.9. The molecular weight excluding hydrogens is 980 g/mol. The molecular formula is C50H68F3N7O14. The van der Waals surface area contributed by atoms with Crippen LogP contribution < -0.4 is 37.2 Å². The van der Waals surface area contributed by atoms with Gasteiger partial charge in [0.15, 0.2) is 0 Å². The number of carbonyl (C=O) groups excluding carboxylic acids is 8. The summed E-state index contributed by atoms with van der Waals surface area (Å²) in [4.78, 5) is 144. The number of benzene rings is 2. The van der Waals surface area contributed by atoms with E-state index in [2.05, 4.69) is 31.9 Å². The van der Waals surface area contributed by atoms with Crippen LogP contribution in [0.25, 0.3) is 0 Å². The number of carboxylic acid groups (broad SMARTS) is 3. The summed E-state index contributed by atoms with van der Waals surface area (Å²) in [6, 6.07) is 3.36. The minimum Gasteiger partial charge on any atom is -0.481 e. The second-order valence-electron chi connectivity index (χ2n) is 19.3. The number of alkyl halides is 3. The molecule has 0 radical (unpaired) electrons. The lowest BCUT2D eigenvalue weighted by Gasteiger charge is -2.34. The molecule has 0 aromatic heterocycles.